The molecule has 0 aromatic carbocycles. The van der Waals surface area contributed by atoms with E-state index in [2.05, 4.69) is 50.2 Å². The maximum absolute atomic E-state index is 13.7. The van der Waals surface area contributed by atoms with Crippen LogP contribution in [0.5, 0.6) is 0 Å². The molecule has 0 aromatic heterocycles. The minimum Gasteiger partial charge on any atom is -0.379 e. The SMILES string of the molecule is CCCN1CCC2(CCCCCOC[C@H](CC(C)C)NC(=O)[C@H](CC(C)C)NC2=O)CC1. The van der Waals surface area contributed by atoms with Crippen LogP contribution in [0, 0.1) is 17.3 Å². The zero-order valence-corrected chi connectivity index (χ0v) is 21.4. The Morgan fingerprint density at radius 3 is 2.28 bits per heavy atom. The van der Waals surface area contributed by atoms with Gasteiger partial charge in [-0.25, -0.2) is 0 Å². The van der Waals surface area contributed by atoms with E-state index < -0.39 is 6.04 Å². The van der Waals surface area contributed by atoms with Gasteiger partial charge in [-0.05, 0) is 76.4 Å². The zero-order valence-electron chi connectivity index (χ0n) is 21.4. The van der Waals surface area contributed by atoms with Gasteiger partial charge in [-0.2, -0.15) is 0 Å². The van der Waals surface area contributed by atoms with Crippen LogP contribution in [0.3, 0.4) is 0 Å². The van der Waals surface area contributed by atoms with Gasteiger partial charge in [-0.15, -0.1) is 0 Å². The van der Waals surface area contributed by atoms with E-state index in [-0.39, 0.29) is 23.3 Å². The number of rotatable bonds is 6. The first kappa shape index (κ1) is 27.1. The van der Waals surface area contributed by atoms with Gasteiger partial charge >= 0.3 is 0 Å². The standard InChI is InChI=1S/C26H49N3O3/c1-6-13-29-14-11-26(12-15-29)10-8-7-9-16-32-19-22(17-20(2)3)27-24(30)23(18-21(4)5)28-25(26)31/h20-23H,6-19H2,1-5H3,(H,27,30)(H,28,31)/t22-,23-/m0/s1. The fourth-order valence-corrected chi connectivity index (χ4v) is 5.24. The molecule has 0 unspecified atom stereocenters. The molecule has 0 aromatic rings. The summed E-state index contributed by atoms with van der Waals surface area (Å²) in [5.41, 5.74) is -0.345. The molecule has 2 N–H and O–H groups in total. The van der Waals surface area contributed by atoms with Crippen LogP contribution >= 0.6 is 0 Å². The van der Waals surface area contributed by atoms with E-state index in [1.54, 1.807) is 0 Å². The van der Waals surface area contributed by atoms with Crippen molar-refractivity contribution >= 4 is 11.8 Å². The second-order valence-electron chi connectivity index (χ2n) is 11.0. The van der Waals surface area contributed by atoms with Crippen molar-refractivity contribution in [2.24, 2.45) is 17.3 Å². The Balaban J connectivity index is 2.19. The van der Waals surface area contributed by atoms with Crippen molar-refractivity contribution in [1.82, 2.24) is 15.5 Å². The summed E-state index contributed by atoms with van der Waals surface area (Å²) in [6, 6.07) is -0.492. The van der Waals surface area contributed by atoms with Gasteiger partial charge in [0.15, 0.2) is 0 Å². The lowest BCUT2D eigenvalue weighted by Crippen LogP contribution is -2.56. The van der Waals surface area contributed by atoms with E-state index in [0.717, 1.165) is 77.6 Å². The monoisotopic (exact) mass is 451 g/mol. The molecule has 1 spiro atoms. The second kappa shape index (κ2) is 13.5. The van der Waals surface area contributed by atoms with E-state index in [9.17, 15) is 9.59 Å². The lowest BCUT2D eigenvalue weighted by Gasteiger charge is -2.41. The summed E-state index contributed by atoms with van der Waals surface area (Å²) in [5.74, 6) is 0.838. The number of ether oxygens (including phenoxy) is 1. The third kappa shape index (κ3) is 8.66. The molecule has 2 fully saturated rings. The third-order valence-corrected chi connectivity index (χ3v) is 7.03. The van der Waals surface area contributed by atoms with E-state index in [1.807, 2.05) is 0 Å². The van der Waals surface area contributed by atoms with Crippen molar-refractivity contribution in [3.05, 3.63) is 0 Å². The minimum atomic E-state index is -0.481. The van der Waals surface area contributed by atoms with Gasteiger partial charge in [-0.1, -0.05) is 47.5 Å². The Kier molecular flexibility index (Phi) is 11.5. The molecule has 6 heteroatoms. The van der Waals surface area contributed by atoms with Gasteiger partial charge in [-0.3, -0.25) is 9.59 Å². The van der Waals surface area contributed by atoms with Crippen LogP contribution < -0.4 is 10.6 Å². The molecule has 2 amide bonds. The van der Waals surface area contributed by atoms with Crippen LogP contribution in [0.15, 0.2) is 0 Å². The summed E-state index contributed by atoms with van der Waals surface area (Å²) in [6.45, 7) is 15.1. The number of amides is 2. The Morgan fingerprint density at radius 2 is 1.66 bits per heavy atom. The number of piperidine rings is 1. The quantitative estimate of drug-likeness (QED) is 0.637. The minimum absolute atomic E-state index is 0.0109. The Morgan fingerprint density at radius 1 is 0.969 bits per heavy atom. The highest BCUT2D eigenvalue weighted by Crippen LogP contribution is 2.37. The molecule has 2 saturated heterocycles. The van der Waals surface area contributed by atoms with Gasteiger partial charge in [0.25, 0.3) is 0 Å². The average molecular weight is 452 g/mol. The fraction of sp³-hybridized carbons (Fsp3) is 0.923. The van der Waals surface area contributed by atoms with Crippen LogP contribution in [-0.2, 0) is 14.3 Å². The summed E-state index contributed by atoms with van der Waals surface area (Å²) >= 11 is 0. The van der Waals surface area contributed by atoms with Gasteiger partial charge in [0.2, 0.25) is 11.8 Å². The summed E-state index contributed by atoms with van der Waals surface area (Å²) in [7, 11) is 0. The van der Waals surface area contributed by atoms with Crippen molar-refractivity contribution < 1.29 is 14.3 Å². The molecule has 32 heavy (non-hydrogen) atoms. The molecule has 2 atom stereocenters. The normalized spacial score (nSPS) is 26.7. The fourth-order valence-electron chi connectivity index (χ4n) is 5.24. The highest BCUT2D eigenvalue weighted by Gasteiger charge is 2.42. The summed E-state index contributed by atoms with van der Waals surface area (Å²) in [5, 5.41) is 6.43. The predicted molar refractivity (Wildman–Crippen MR) is 130 cm³/mol. The van der Waals surface area contributed by atoms with Crippen LogP contribution in [0.4, 0.5) is 0 Å². The van der Waals surface area contributed by atoms with Crippen molar-refractivity contribution in [1.29, 1.82) is 0 Å². The molecule has 186 valence electrons. The van der Waals surface area contributed by atoms with Crippen molar-refractivity contribution in [3.63, 3.8) is 0 Å². The average Bonchev–Trinajstić information content (AvgIpc) is 2.72. The molecule has 6 nitrogen and oxygen atoms in total. The number of nitrogens with one attached hydrogen (secondary N) is 2. The van der Waals surface area contributed by atoms with Crippen molar-refractivity contribution in [2.45, 2.75) is 104 Å². The Bertz CT molecular complexity index is 571. The molecule has 2 aliphatic rings. The smallest absolute Gasteiger partial charge is 0.242 e. The van der Waals surface area contributed by atoms with E-state index in [4.69, 9.17) is 4.74 Å². The van der Waals surface area contributed by atoms with Gasteiger partial charge in [0, 0.05) is 6.61 Å². The maximum atomic E-state index is 13.7. The van der Waals surface area contributed by atoms with Crippen molar-refractivity contribution in [2.75, 3.05) is 32.8 Å². The first-order chi connectivity index (χ1) is 15.3. The second-order valence-corrected chi connectivity index (χ2v) is 11.0. The molecular weight excluding hydrogens is 402 g/mol. The largest absolute Gasteiger partial charge is 0.379 e. The number of carbonyl (C=O) groups is 2. The topological polar surface area (TPSA) is 70.7 Å². The molecule has 2 heterocycles. The summed E-state index contributed by atoms with van der Waals surface area (Å²) in [4.78, 5) is 29.4. The Hall–Kier alpha value is -1.14. The third-order valence-electron chi connectivity index (χ3n) is 7.03. The first-order valence-corrected chi connectivity index (χ1v) is 13.2. The lowest BCUT2D eigenvalue weighted by atomic mass is 9.73. The number of likely N-dealkylation sites (tertiary alicyclic amines) is 1. The molecule has 0 radical (unpaired) electrons. The number of nitrogens with zero attached hydrogens (tertiary/aromatic N) is 1. The summed E-state index contributed by atoms with van der Waals surface area (Å²) in [6.07, 6.45) is 8.51. The van der Waals surface area contributed by atoms with Crippen LogP contribution in [0.1, 0.15) is 92.4 Å². The number of carbonyl (C=O) groups excluding carboxylic acids is 2. The van der Waals surface area contributed by atoms with E-state index in [0.29, 0.717) is 24.9 Å². The summed E-state index contributed by atoms with van der Waals surface area (Å²) < 4.78 is 5.95. The molecule has 2 aliphatic heterocycles. The van der Waals surface area contributed by atoms with Gasteiger partial charge < -0.3 is 20.3 Å². The van der Waals surface area contributed by atoms with Crippen LogP contribution in [0.25, 0.3) is 0 Å². The molecule has 0 saturated carbocycles. The molecule has 2 rings (SSSR count). The highest BCUT2D eigenvalue weighted by atomic mass is 16.5. The van der Waals surface area contributed by atoms with Crippen LogP contribution in [-0.4, -0.2) is 61.6 Å². The van der Waals surface area contributed by atoms with Crippen molar-refractivity contribution in [3.8, 4) is 0 Å². The van der Waals surface area contributed by atoms with E-state index >= 15 is 0 Å². The van der Waals surface area contributed by atoms with Gasteiger partial charge in [0.05, 0.1) is 18.1 Å². The number of hydrogen-bond acceptors (Lipinski definition) is 4. The van der Waals surface area contributed by atoms with Crippen LogP contribution in [0.2, 0.25) is 0 Å². The predicted octanol–water partition coefficient (Wildman–Crippen LogP) is 4.13. The van der Waals surface area contributed by atoms with E-state index in [1.165, 1.54) is 0 Å². The highest BCUT2D eigenvalue weighted by molar-refractivity contribution is 5.90. The molecule has 0 bridgehead atoms. The molecular formula is C26H49N3O3. The lowest BCUT2D eigenvalue weighted by molar-refractivity contribution is -0.139. The zero-order chi connectivity index (χ0) is 23.6. The number of hydrogen-bond donors (Lipinski definition) is 2. The van der Waals surface area contributed by atoms with Gasteiger partial charge in [0.1, 0.15) is 6.04 Å². The first-order valence-electron chi connectivity index (χ1n) is 13.2. The Labute approximate surface area is 196 Å². The maximum Gasteiger partial charge on any atom is 0.242 e. The molecule has 0 aliphatic carbocycles.